The zero-order valence-electron chi connectivity index (χ0n) is 16.3. The third kappa shape index (κ3) is 6.50. The molecule has 5 nitrogen and oxygen atoms in total. The third-order valence-corrected chi connectivity index (χ3v) is 5.09. The number of amides is 2. The van der Waals surface area contributed by atoms with Gasteiger partial charge in [0, 0.05) is 39.3 Å². The maximum atomic E-state index is 12.4. The first kappa shape index (κ1) is 20.1. The molecule has 0 spiro atoms. The van der Waals surface area contributed by atoms with E-state index in [9.17, 15) is 9.59 Å². The highest BCUT2D eigenvalue weighted by molar-refractivity contribution is 5.96. The summed E-state index contributed by atoms with van der Waals surface area (Å²) in [4.78, 5) is 28.6. The van der Waals surface area contributed by atoms with Gasteiger partial charge >= 0.3 is 0 Å². The maximum absolute atomic E-state index is 12.4. The summed E-state index contributed by atoms with van der Waals surface area (Å²) < 4.78 is 0. The van der Waals surface area contributed by atoms with Crippen LogP contribution in [0.1, 0.15) is 24.0 Å². The molecule has 2 amide bonds. The lowest BCUT2D eigenvalue weighted by atomic mass is 10.1. The molecule has 0 saturated carbocycles. The van der Waals surface area contributed by atoms with E-state index in [1.165, 1.54) is 11.1 Å². The van der Waals surface area contributed by atoms with Gasteiger partial charge in [-0.3, -0.25) is 14.5 Å². The van der Waals surface area contributed by atoms with Crippen LogP contribution in [-0.4, -0.2) is 54.3 Å². The molecule has 1 heterocycles. The Morgan fingerprint density at radius 3 is 2.07 bits per heavy atom. The first-order chi connectivity index (χ1) is 13.7. The van der Waals surface area contributed by atoms with E-state index >= 15 is 0 Å². The second kappa shape index (κ2) is 10.6. The molecule has 28 heavy (non-hydrogen) atoms. The van der Waals surface area contributed by atoms with Crippen LogP contribution in [0, 0.1) is 0 Å². The smallest absolute Gasteiger partial charge is 0.232 e. The molecule has 1 aliphatic heterocycles. The van der Waals surface area contributed by atoms with E-state index in [0.717, 1.165) is 32.5 Å². The van der Waals surface area contributed by atoms with Crippen molar-refractivity contribution in [3.8, 4) is 0 Å². The fourth-order valence-corrected chi connectivity index (χ4v) is 3.47. The van der Waals surface area contributed by atoms with Gasteiger partial charge in [0.25, 0.3) is 0 Å². The van der Waals surface area contributed by atoms with E-state index < -0.39 is 0 Å². The predicted molar refractivity (Wildman–Crippen MR) is 111 cm³/mol. The number of aryl methyl sites for hydroxylation is 1. The van der Waals surface area contributed by atoms with Crippen LogP contribution in [0.4, 0.5) is 0 Å². The minimum absolute atomic E-state index is 0.0516. The minimum Gasteiger partial charge on any atom is -0.356 e. The standard InChI is InChI=1S/C23H29N3O2/c27-22(24-13-7-12-20-8-3-1-4-9-20)18-23(28)26-16-14-25(15-17-26)19-21-10-5-2-6-11-21/h1-6,8-11H,7,12-19H2,(H,24,27). The van der Waals surface area contributed by atoms with Crippen molar-refractivity contribution in [2.24, 2.45) is 0 Å². The summed E-state index contributed by atoms with van der Waals surface area (Å²) in [5.41, 5.74) is 2.55. The zero-order valence-corrected chi connectivity index (χ0v) is 16.3. The number of piperazine rings is 1. The number of benzene rings is 2. The number of rotatable bonds is 8. The highest BCUT2D eigenvalue weighted by Crippen LogP contribution is 2.09. The highest BCUT2D eigenvalue weighted by atomic mass is 16.2. The third-order valence-electron chi connectivity index (χ3n) is 5.09. The van der Waals surface area contributed by atoms with Crippen molar-refractivity contribution in [3.05, 3.63) is 71.8 Å². The van der Waals surface area contributed by atoms with Crippen LogP contribution in [-0.2, 0) is 22.6 Å². The Labute approximate surface area is 167 Å². The lowest BCUT2D eigenvalue weighted by Gasteiger charge is -2.34. The van der Waals surface area contributed by atoms with Crippen molar-refractivity contribution in [2.75, 3.05) is 32.7 Å². The molecule has 148 valence electrons. The second-order valence-electron chi connectivity index (χ2n) is 7.26. The second-order valence-corrected chi connectivity index (χ2v) is 7.26. The molecular weight excluding hydrogens is 350 g/mol. The molecule has 2 aromatic carbocycles. The van der Waals surface area contributed by atoms with Crippen LogP contribution in [0.3, 0.4) is 0 Å². The van der Waals surface area contributed by atoms with E-state index in [0.29, 0.717) is 19.6 Å². The number of nitrogens with zero attached hydrogens (tertiary/aromatic N) is 2. The SMILES string of the molecule is O=C(CC(=O)N1CCN(Cc2ccccc2)CC1)NCCCc1ccccc1. The molecule has 0 aromatic heterocycles. The van der Waals surface area contributed by atoms with E-state index in [4.69, 9.17) is 0 Å². The summed E-state index contributed by atoms with van der Waals surface area (Å²) in [5.74, 6) is -0.246. The van der Waals surface area contributed by atoms with Crippen LogP contribution < -0.4 is 5.32 Å². The summed E-state index contributed by atoms with van der Waals surface area (Å²) >= 11 is 0. The molecule has 0 bridgehead atoms. The van der Waals surface area contributed by atoms with Gasteiger partial charge in [-0.15, -0.1) is 0 Å². The molecule has 0 radical (unpaired) electrons. The molecule has 3 rings (SSSR count). The van der Waals surface area contributed by atoms with Crippen molar-refractivity contribution in [2.45, 2.75) is 25.8 Å². The van der Waals surface area contributed by atoms with Gasteiger partial charge in [-0.1, -0.05) is 60.7 Å². The molecule has 1 aliphatic rings. The number of hydrogen-bond donors (Lipinski definition) is 1. The lowest BCUT2D eigenvalue weighted by molar-refractivity contribution is -0.137. The van der Waals surface area contributed by atoms with Crippen molar-refractivity contribution >= 4 is 11.8 Å². The summed E-state index contributed by atoms with van der Waals surface area (Å²) in [6.45, 7) is 4.58. The van der Waals surface area contributed by atoms with Crippen molar-refractivity contribution in [1.29, 1.82) is 0 Å². The van der Waals surface area contributed by atoms with Crippen LogP contribution in [0.2, 0.25) is 0 Å². The van der Waals surface area contributed by atoms with Crippen molar-refractivity contribution in [1.82, 2.24) is 15.1 Å². The van der Waals surface area contributed by atoms with Crippen LogP contribution in [0.5, 0.6) is 0 Å². The Morgan fingerprint density at radius 2 is 1.43 bits per heavy atom. The van der Waals surface area contributed by atoms with Crippen molar-refractivity contribution in [3.63, 3.8) is 0 Å². The largest absolute Gasteiger partial charge is 0.356 e. The monoisotopic (exact) mass is 379 g/mol. The quantitative estimate of drug-likeness (QED) is 0.566. The normalized spacial score (nSPS) is 14.6. The van der Waals surface area contributed by atoms with E-state index in [1.54, 1.807) is 0 Å². The molecular formula is C23H29N3O2. The van der Waals surface area contributed by atoms with Crippen LogP contribution >= 0.6 is 0 Å². The average Bonchev–Trinajstić information content (AvgIpc) is 2.73. The molecule has 1 saturated heterocycles. The van der Waals surface area contributed by atoms with Gasteiger partial charge in [0.15, 0.2) is 0 Å². The molecule has 2 aromatic rings. The fraction of sp³-hybridized carbons (Fsp3) is 0.391. The summed E-state index contributed by atoms with van der Waals surface area (Å²) in [6.07, 6.45) is 1.75. The van der Waals surface area contributed by atoms with Gasteiger partial charge in [0.1, 0.15) is 6.42 Å². The number of hydrogen-bond acceptors (Lipinski definition) is 3. The topological polar surface area (TPSA) is 52.7 Å². The molecule has 1 fully saturated rings. The molecule has 0 atom stereocenters. The highest BCUT2D eigenvalue weighted by Gasteiger charge is 2.22. The summed E-state index contributed by atoms with van der Waals surface area (Å²) in [5, 5.41) is 2.87. The van der Waals surface area contributed by atoms with E-state index in [2.05, 4.69) is 34.5 Å². The van der Waals surface area contributed by atoms with Crippen LogP contribution in [0.25, 0.3) is 0 Å². The molecule has 0 aliphatic carbocycles. The van der Waals surface area contributed by atoms with E-state index in [-0.39, 0.29) is 18.2 Å². The van der Waals surface area contributed by atoms with Gasteiger partial charge in [0.2, 0.25) is 11.8 Å². The van der Waals surface area contributed by atoms with Gasteiger partial charge in [-0.25, -0.2) is 0 Å². The molecule has 1 N–H and O–H groups in total. The number of carbonyl (C=O) groups excluding carboxylic acids is 2. The molecule has 0 unspecified atom stereocenters. The van der Waals surface area contributed by atoms with Gasteiger partial charge in [-0.05, 0) is 24.0 Å². The Kier molecular flexibility index (Phi) is 7.62. The fourth-order valence-electron chi connectivity index (χ4n) is 3.47. The summed E-state index contributed by atoms with van der Waals surface area (Å²) in [6, 6.07) is 20.6. The number of carbonyl (C=O) groups is 2. The number of nitrogens with one attached hydrogen (secondary N) is 1. The molecule has 5 heteroatoms. The van der Waals surface area contributed by atoms with Crippen LogP contribution in [0.15, 0.2) is 60.7 Å². The van der Waals surface area contributed by atoms with Gasteiger partial charge in [-0.2, -0.15) is 0 Å². The average molecular weight is 380 g/mol. The lowest BCUT2D eigenvalue weighted by Crippen LogP contribution is -2.49. The Bertz CT molecular complexity index is 741. The predicted octanol–water partition coefficient (Wildman–Crippen LogP) is 2.47. The first-order valence-electron chi connectivity index (χ1n) is 10.1. The Morgan fingerprint density at radius 1 is 0.821 bits per heavy atom. The first-order valence-corrected chi connectivity index (χ1v) is 10.1. The van der Waals surface area contributed by atoms with Gasteiger partial charge < -0.3 is 10.2 Å². The maximum Gasteiger partial charge on any atom is 0.232 e. The van der Waals surface area contributed by atoms with Gasteiger partial charge in [0.05, 0.1) is 0 Å². The minimum atomic E-state index is -0.176. The summed E-state index contributed by atoms with van der Waals surface area (Å²) in [7, 11) is 0. The zero-order chi connectivity index (χ0) is 19.6. The van der Waals surface area contributed by atoms with Crippen molar-refractivity contribution < 1.29 is 9.59 Å². The Hall–Kier alpha value is -2.66. The van der Waals surface area contributed by atoms with E-state index in [1.807, 2.05) is 41.3 Å². The Balaban J connectivity index is 1.31.